The van der Waals surface area contributed by atoms with Crippen LogP contribution >= 0.6 is 11.6 Å². The second kappa shape index (κ2) is 7.53. The van der Waals surface area contributed by atoms with Crippen molar-refractivity contribution in [3.05, 3.63) is 64.7 Å². The normalized spacial score (nSPS) is 13.4. The standard InChI is InChI=1S/C17H17ClF2N2O/c1-10(15-7-6-13(19)9-16(15)20)21-11(2)17(23)22-14-5-3-4-12(18)8-14/h3-11,21H,1-2H3,(H,22,23)/p+1/t10-,11+/m0/s1. The van der Waals surface area contributed by atoms with Gasteiger partial charge < -0.3 is 10.6 Å². The molecule has 0 aromatic heterocycles. The van der Waals surface area contributed by atoms with Gasteiger partial charge in [-0.2, -0.15) is 0 Å². The van der Waals surface area contributed by atoms with Crippen LogP contribution in [-0.4, -0.2) is 11.9 Å². The largest absolute Gasteiger partial charge is 0.330 e. The van der Waals surface area contributed by atoms with Crippen molar-refractivity contribution in [2.45, 2.75) is 25.9 Å². The van der Waals surface area contributed by atoms with Gasteiger partial charge in [0.2, 0.25) is 0 Å². The number of nitrogens with one attached hydrogen (secondary N) is 1. The minimum atomic E-state index is -0.620. The fourth-order valence-corrected chi connectivity index (χ4v) is 2.51. The molecule has 0 bridgehead atoms. The molecule has 0 heterocycles. The molecule has 6 heteroatoms. The SMILES string of the molecule is C[C@H]([NH2+][C@H](C)C(=O)Nc1cccc(Cl)c1)c1ccc(F)cc1F. The van der Waals surface area contributed by atoms with Crippen molar-refractivity contribution in [2.24, 2.45) is 0 Å². The molecule has 122 valence electrons. The molecule has 0 aliphatic rings. The van der Waals surface area contributed by atoms with E-state index in [0.717, 1.165) is 6.07 Å². The lowest BCUT2D eigenvalue weighted by atomic mass is 10.1. The summed E-state index contributed by atoms with van der Waals surface area (Å²) in [6.07, 6.45) is 0. The molecule has 0 radical (unpaired) electrons. The number of benzene rings is 2. The fourth-order valence-electron chi connectivity index (χ4n) is 2.32. The summed E-state index contributed by atoms with van der Waals surface area (Å²) in [5, 5.41) is 5.00. The second-order valence-corrected chi connectivity index (χ2v) is 5.87. The van der Waals surface area contributed by atoms with Crippen LogP contribution in [0.15, 0.2) is 42.5 Å². The van der Waals surface area contributed by atoms with Crippen molar-refractivity contribution < 1.29 is 18.9 Å². The summed E-state index contributed by atoms with van der Waals surface area (Å²) in [6, 6.07) is 9.51. The van der Waals surface area contributed by atoms with Gasteiger partial charge in [0.05, 0.1) is 0 Å². The Balaban J connectivity index is 2.00. The molecular weight excluding hydrogens is 322 g/mol. The Morgan fingerprint density at radius 3 is 2.57 bits per heavy atom. The van der Waals surface area contributed by atoms with Crippen LogP contribution in [0.25, 0.3) is 0 Å². The molecule has 2 aromatic carbocycles. The van der Waals surface area contributed by atoms with Crippen LogP contribution in [0.2, 0.25) is 5.02 Å². The second-order valence-electron chi connectivity index (χ2n) is 5.44. The van der Waals surface area contributed by atoms with Crippen molar-refractivity contribution in [3.8, 4) is 0 Å². The van der Waals surface area contributed by atoms with Crippen molar-refractivity contribution in [1.29, 1.82) is 0 Å². The van der Waals surface area contributed by atoms with Gasteiger partial charge in [-0.05, 0) is 44.2 Å². The fraction of sp³-hybridized carbons (Fsp3) is 0.235. The summed E-state index contributed by atoms with van der Waals surface area (Å²) < 4.78 is 26.7. The highest BCUT2D eigenvalue weighted by Gasteiger charge is 2.22. The lowest BCUT2D eigenvalue weighted by Gasteiger charge is -2.17. The molecule has 2 aromatic rings. The Hall–Kier alpha value is -1.98. The van der Waals surface area contributed by atoms with E-state index in [9.17, 15) is 13.6 Å². The highest BCUT2D eigenvalue weighted by Crippen LogP contribution is 2.16. The van der Waals surface area contributed by atoms with Crippen molar-refractivity contribution >= 4 is 23.2 Å². The average molecular weight is 340 g/mol. The third kappa shape index (κ3) is 4.74. The van der Waals surface area contributed by atoms with Crippen molar-refractivity contribution in [1.82, 2.24) is 0 Å². The number of hydrogen-bond acceptors (Lipinski definition) is 1. The Labute approximate surface area is 138 Å². The predicted octanol–water partition coefficient (Wildman–Crippen LogP) is 3.27. The molecular formula is C17H18ClF2N2O+. The lowest BCUT2D eigenvalue weighted by Crippen LogP contribution is -2.91. The van der Waals surface area contributed by atoms with Gasteiger partial charge in [-0.1, -0.05) is 17.7 Å². The molecule has 2 rings (SSSR count). The minimum Gasteiger partial charge on any atom is -0.330 e. The van der Waals surface area contributed by atoms with E-state index in [0.29, 0.717) is 16.3 Å². The number of rotatable bonds is 5. The van der Waals surface area contributed by atoms with E-state index in [1.54, 1.807) is 43.4 Å². The summed E-state index contributed by atoms with van der Waals surface area (Å²) >= 11 is 5.87. The highest BCUT2D eigenvalue weighted by atomic mass is 35.5. The molecule has 0 fully saturated rings. The maximum atomic E-state index is 13.8. The van der Waals surface area contributed by atoms with E-state index in [2.05, 4.69) is 5.32 Å². The molecule has 0 aliphatic carbocycles. The smallest absolute Gasteiger partial charge is 0.282 e. The topological polar surface area (TPSA) is 45.7 Å². The molecule has 3 nitrogen and oxygen atoms in total. The molecule has 0 saturated carbocycles. The van der Waals surface area contributed by atoms with Gasteiger partial charge in [0.15, 0.2) is 6.04 Å². The lowest BCUT2D eigenvalue weighted by molar-refractivity contribution is -0.710. The van der Waals surface area contributed by atoms with Crippen LogP contribution in [0.4, 0.5) is 14.5 Å². The molecule has 2 atom stereocenters. The Bertz CT molecular complexity index is 709. The van der Waals surface area contributed by atoms with E-state index < -0.39 is 17.7 Å². The highest BCUT2D eigenvalue weighted by molar-refractivity contribution is 6.30. The number of hydrogen-bond donors (Lipinski definition) is 2. The van der Waals surface area contributed by atoms with E-state index >= 15 is 0 Å². The molecule has 0 saturated heterocycles. The van der Waals surface area contributed by atoms with Gasteiger partial charge in [-0.25, -0.2) is 8.78 Å². The number of nitrogens with two attached hydrogens (primary N) is 1. The number of carbonyl (C=O) groups is 1. The van der Waals surface area contributed by atoms with Crippen molar-refractivity contribution in [3.63, 3.8) is 0 Å². The number of anilines is 1. The Kier molecular flexibility index (Phi) is 5.69. The van der Waals surface area contributed by atoms with Crippen LogP contribution < -0.4 is 10.6 Å². The number of halogens is 3. The van der Waals surface area contributed by atoms with Gasteiger partial charge in [0.1, 0.15) is 17.7 Å². The first-order valence-electron chi connectivity index (χ1n) is 7.23. The third-order valence-corrected chi connectivity index (χ3v) is 3.77. The van der Waals surface area contributed by atoms with Gasteiger partial charge in [-0.3, -0.25) is 4.79 Å². The van der Waals surface area contributed by atoms with Gasteiger partial charge in [0, 0.05) is 22.3 Å². The van der Waals surface area contributed by atoms with Crippen LogP contribution in [0.5, 0.6) is 0 Å². The summed E-state index contributed by atoms with van der Waals surface area (Å²) in [5.74, 6) is -1.46. The predicted molar refractivity (Wildman–Crippen MR) is 86.2 cm³/mol. The van der Waals surface area contributed by atoms with E-state index in [-0.39, 0.29) is 11.9 Å². The van der Waals surface area contributed by atoms with E-state index in [4.69, 9.17) is 11.6 Å². The maximum Gasteiger partial charge on any atom is 0.282 e. The zero-order valence-corrected chi connectivity index (χ0v) is 13.6. The monoisotopic (exact) mass is 339 g/mol. The summed E-state index contributed by atoms with van der Waals surface area (Å²) in [5.41, 5.74) is 0.956. The molecule has 1 amide bonds. The summed E-state index contributed by atoms with van der Waals surface area (Å²) in [4.78, 5) is 12.2. The van der Waals surface area contributed by atoms with E-state index in [1.165, 1.54) is 12.1 Å². The first-order valence-corrected chi connectivity index (χ1v) is 7.61. The quantitative estimate of drug-likeness (QED) is 0.863. The average Bonchev–Trinajstić information content (AvgIpc) is 2.46. The molecule has 0 spiro atoms. The van der Waals surface area contributed by atoms with Gasteiger partial charge in [-0.15, -0.1) is 0 Å². The maximum absolute atomic E-state index is 13.8. The zero-order chi connectivity index (χ0) is 17.0. The molecule has 0 aliphatic heterocycles. The summed E-state index contributed by atoms with van der Waals surface area (Å²) in [7, 11) is 0. The Morgan fingerprint density at radius 2 is 1.91 bits per heavy atom. The molecule has 3 N–H and O–H groups in total. The van der Waals surface area contributed by atoms with Crippen LogP contribution in [-0.2, 0) is 4.79 Å². The minimum absolute atomic E-state index is 0.221. The first kappa shape index (κ1) is 17.4. The molecule has 23 heavy (non-hydrogen) atoms. The van der Waals surface area contributed by atoms with Gasteiger partial charge in [0.25, 0.3) is 5.91 Å². The number of quaternary nitrogens is 1. The molecule has 0 unspecified atom stereocenters. The number of amides is 1. The summed E-state index contributed by atoms with van der Waals surface area (Å²) in [6.45, 7) is 3.48. The first-order chi connectivity index (χ1) is 10.9. The van der Waals surface area contributed by atoms with Crippen LogP contribution in [0.3, 0.4) is 0 Å². The van der Waals surface area contributed by atoms with Gasteiger partial charge >= 0.3 is 0 Å². The Morgan fingerprint density at radius 1 is 1.17 bits per heavy atom. The van der Waals surface area contributed by atoms with Crippen molar-refractivity contribution in [2.75, 3.05) is 5.32 Å². The third-order valence-electron chi connectivity index (χ3n) is 3.54. The number of carbonyl (C=O) groups excluding carboxylic acids is 1. The van der Waals surface area contributed by atoms with E-state index in [1.807, 2.05) is 0 Å². The van der Waals surface area contributed by atoms with Crippen LogP contribution in [0, 0.1) is 11.6 Å². The zero-order valence-electron chi connectivity index (χ0n) is 12.8. The van der Waals surface area contributed by atoms with Crippen LogP contribution in [0.1, 0.15) is 25.5 Å².